The first kappa shape index (κ1) is 13.8. The molecule has 1 aliphatic heterocycles. The van der Waals surface area contributed by atoms with Crippen LogP contribution in [0.1, 0.15) is 37.5 Å². The predicted octanol–water partition coefficient (Wildman–Crippen LogP) is 2.35. The first-order chi connectivity index (χ1) is 8.99. The SMILES string of the molecule is CC(C)c1cnc(NC(=O)[C@@H]2CCCN2C(=O)O)s1. The maximum atomic E-state index is 12.1. The quantitative estimate of drug-likeness (QED) is 0.892. The van der Waals surface area contributed by atoms with Gasteiger partial charge in [-0.25, -0.2) is 9.78 Å². The molecule has 1 atom stereocenters. The van der Waals surface area contributed by atoms with Crippen LogP contribution in [-0.4, -0.2) is 39.6 Å². The third kappa shape index (κ3) is 3.04. The van der Waals surface area contributed by atoms with Crippen molar-refractivity contribution in [3.63, 3.8) is 0 Å². The minimum Gasteiger partial charge on any atom is -0.465 e. The highest BCUT2D eigenvalue weighted by Crippen LogP contribution is 2.26. The van der Waals surface area contributed by atoms with Crippen LogP contribution in [0.2, 0.25) is 0 Å². The van der Waals surface area contributed by atoms with Crippen molar-refractivity contribution in [1.29, 1.82) is 0 Å². The van der Waals surface area contributed by atoms with E-state index in [1.807, 2.05) is 0 Å². The molecular formula is C12H17N3O3S. The van der Waals surface area contributed by atoms with Gasteiger partial charge in [-0.15, -0.1) is 11.3 Å². The number of rotatable bonds is 3. The molecule has 19 heavy (non-hydrogen) atoms. The molecule has 6 nitrogen and oxygen atoms in total. The highest BCUT2D eigenvalue weighted by molar-refractivity contribution is 7.15. The summed E-state index contributed by atoms with van der Waals surface area (Å²) in [4.78, 5) is 29.5. The van der Waals surface area contributed by atoms with Gasteiger partial charge in [-0.3, -0.25) is 9.69 Å². The first-order valence-electron chi connectivity index (χ1n) is 6.25. The van der Waals surface area contributed by atoms with E-state index in [0.29, 0.717) is 24.0 Å². The van der Waals surface area contributed by atoms with Crippen LogP contribution in [-0.2, 0) is 4.79 Å². The van der Waals surface area contributed by atoms with Crippen molar-refractivity contribution in [3.05, 3.63) is 11.1 Å². The molecule has 7 heteroatoms. The molecule has 2 N–H and O–H groups in total. The molecule has 0 unspecified atom stereocenters. The average molecular weight is 283 g/mol. The molecule has 0 spiro atoms. The molecule has 1 aromatic rings. The number of hydrogen-bond acceptors (Lipinski definition) is 4. The van der Waals surface area contributed by atoms with Gasteiger partial charge in [0, 0.05) is 17.6 Å². The van der Waals surface area contributed by atoms with Crippen LogP contribution in [0.25, 0.3) is 0 Å². The van der Waals surface area contributed by atoms with Crippen molar-refractivity contribution < 1.29 is 14.7 Å². The minimum absolute atomic E-state index is 0.287. The Morgan fingerprint density at radius 1 is 1.58 bits per heavy atom. The second kappa shape index (κ2) is 5.56. The summed E-state index contributed by atoms with van der Waals surface area (Å²) in [6, 6.07) is -0.594. The van der Waals surface area contributed by atoms with E-state index in [2.05, 4.69) is 24.1 Å². The third-order valence-electron chi connectivity index (χ3n) is 3.12. The van der Waals surface area contributed by atoms with E-state index in [-0.39, 0.29) is 5.91 Å². The molecule has 0 aromatic carbocycles. The number of likely N-dealkylation sites (tertiary alicyclic amines) is 1. The number of anilines is 1. The van der Waals surface area contributed by atoms with Crippen LogP contribution in [0, 0.1) is 0 Å². The van der Waals surface area contributed by atoms with Gasteiger partial charge in [0.05, 0.1) is 0 Å². The van der Waals surface area contributed by atoms with E-state index in [9.17, 15) is 9.59 Å². The van der Waals surface area contributed by atoms with Gasteiger partial charge in [-0.1, -0.05) is 13.8 Å². The highest BCUT2D eigenvalue weighted by atomic mass is 32.1. The summed E-state index contributed by atoms with van der Waals surface area (Å²) in [6.45, 7) is 4.53. The van der Waals surface area contributed by atoms with E-state index in [1.165, 1.54) is 16.2 Å². The molecule has 1 saturated heterocycles. The minimum atomic E-state index is -1.04. The van der Waals surface area contributed by atoms with Gasteiger partial charge in [0.2, 0.25) is 5.91 Å². The number of nitrogens with zero attached hydrogens (tertiary/aromatic N) is 2. The normalized spacial score (nSPS) is 18.9. The summed E-state index contributed by atoms with van der Waals surface area (Å²) >= 11 is 1.43. The summed E-state index contributed by atoms with van der Waals surface area (Å²) in [5, 5.41) is 12.2. The molecule has 104 valence electrons. The summed E-state index contributed by atoms with van der Waals surface area (Å²) < 4.78 is 0. The number of carboxylic acid groups (broad SMARTS) is 1. The van der Waals surface area contributed by atoms with Crippen LogP contribution in [0.5, 0.6) is 0 Å². The molecule has 1 aliphatic rings. The van der Waals surface area contributed by atoms with Crippen LogP contribution in [0.15, 0.2) is 6.20 Å². The largest absolute Gasteiger partial charge is 0.465 e. The molecule has 0 aliphatic carbocycles. The van der Waals surface area contributed by atoms with E-state index in [0.717, 1.165) is 11.3 Å². The molecule has 0 saturated carbocycles. The number of carbonyl (C=O) groups is 2. The van der Waals surface area contributed by atoms with E-state index < -0.39 is 12.1 Å². The Hall–Kier alpha value is -1.63. The van der Waals surface area contributed by atoms with Crippen LogP contribution >= 0.6 is 11.3 Å². The summed E-state index contributed by atoms with van der Waals surface area (Å²) in [5.41, 5.74) is 0. The van der Waals surface area contributed by atoms with Gasteiger partial charge in [-0.05, 0) is 18.8 Å². The fourth-order valence-corrected chi connectivity index (χ4v) is 2.89. The fraction of sp³-hybridized carbons (Fsp3) is 0.583. The van der Waals surface area contributed by atoms with E-state index >= 15 is 0 Å². The van der Waals surface area contributed by atoms with Gasteiger partial charge in [-0.2, -0.15) is 0 Å². The van der Waals surface area contributed by atoms with Crippen LogP contribution in [0.3, 0.4) is 0 Å². The van der Waals surface area contributed by atoms with Gasteiger partial charge >= 0.3 is 6.09 Å². The Morgan fingerprint density at radius 3 is 2.89 bits per heavy atom. The monoisotopic (exact) mass is 283 g/mol. The van der Waals surface area contributed by atoms with Crippen molar-refractivity contribution in [2.45, 2.75) is 38.6 Å². The molecule has 2 heterocycles. The lowest BCUT2D eigenvalue weighted by molar-refractivity contribution is -0.119. The maximum absolute atomic E-state index is 12.1. The zero-order chi connectivity index (χ0) is 14.0. The Labute approximate surface area is 115 Å². The number of aromatic nitrogens is 1. The number of hydrogen-bond donors (Lipinski definition) is 2. The Bertz CT molecular complexity index is 486. The maximum Gasteiger partial charge on any atom is 0.407 e. The van der Waals surface area contributed by atoms with E-state index in [1.54, 1.807) is 6.20 Å². The lowest BCUT2D eigenvalue weighted by atomic mass is 10.2. The van der Waals surface area contributed by atoms with Gasteiger partial charge < -0.3 is 10.4 Å². The molecule has 0 bridgehead atoms. The van der Waals surface area contributed by atoms with Gasteiger partial charge in [0.15, 0.2) is 5.13 Å². The Morgan fingerprint density at radius 2 is 2.32 bits per heavy atom. The Kier molecular flexibility index (Phi) is 4.04. The zero-order valence-corrected chi connectivity index (χ0v) is 11.7. The van der Waals surface area contributed by atoms with Crippen molar-refractivity contribution in [2.75, 3.05) is 11.9 Å². The van der Waals surface area contributed by atoms with Crippen molar-refractivity contribution in [3.8, 4) is 0 Å². The Balaban J connectivity index is 2.02. The highest BCUT2D eigenvalue weighted by Gasteiger charge is 2.34. The summed E-state index contributed by atoms with van der Waals surface area (Å²) in [6.07, 6.45) is 1.99. The smallest absolute Gasteiger partial charge is 0.407 e. The predicted molar refractivity (Wildman–Crippen MR) is 72.6 cm³/mol. The van der Waals surface area contributed by atoms with Gasteiger partial charge in [0.1, 0.15) is 6.04 Å². The second-order valence-electron chi connectivity index (χ2n) is 4.85. The second-order valence-corrected chi connectivity index (χ2v) is 5.91. The number of thiazole rings is 1. The lowest BCUT2D eigenvalue weighted by Gasteiger charge is -2.19. The van der Waals surface area contributed by atoms with Crippen LogP contribution < -0.4 is 5.32 Å². The van der Waals surface area contributed by atoms with Crippen molar-refractivity contribution >= 4 is 28.5 Å². The summed E-state index contributed by atoms with van der Waals surface area (Å²) in [5.74, 6) is 0.0784. The molecule has 2 rings (SSSR count). The van der Waals surface area contributed by atoms with Crippen molar-refractivity contribution in [1.82, 2.24) is 9.88 Å². The zero-order valence-electron chi connectivity index (χ0n) is 10.9. The molecule has 0 radical (unpaired) electrons. The number of amides is 2. The van der Waals surface area contributed by atoms with Crippen LogP contribution in [0.4, 0.5) is 9.93 Å². The molecular weight excluding hydrogens is 266 g/mol. The van der Waals surface area contributed by atoms with Crippen molar-refractivity contribution in [2.24, 2.45) is 0 Å². The topological polar surface area (TPSA) is 82.5 Å². The third-order valence-corrected chi connectivity index (χ3v) is 4.34. The lowest BCUT2D eigenvalue weighted by Crippen LogP contribution is -2.42. The fourth-order valence-electron chi connectivity index (χ4n) is 2.07. The first-order valence-corrected chi connectivity index (χ1v) is 7.07. The van der Waals surface area contributed by atoms with Gasteiger partial charge in [0.25, 0.3) is 0 Å². The number of carbonyl (C=O) groups excluding carboxylic acids is 1. The average Bonchev–Trinajstić information content (AvgIpc) is 2.96. The standard InChI is InChI=1S/C12H17N3O3S/c1-7(2)9-6-13-11(19-9)14-10(16)8-4-3-5-15(8)12(17)18/h6-8H,3-5H2,1-2H3,(H,17,18)(H,13,14,16)/t8-/m0/s1. The molecule has 2 amide bonds. The van der Waals surface area contributed by atoms with E-state index in [4.69, 9.17) is 5.11 Å². The summed E-state index contributed by atoms with van der Waals surface area (Å²) in [7, 11) is 0. The molecule has 1 fully saturated rings. The molecule has 1 aromatic heterocycles. The number of nitrogens with one attached hydrogen (secondary N) is 1.